The number of imidazole rings is 1. The standard InChI is InChI=1S/C10H15N3/c1-3-4-5-6-9(11)10-7-12-8-13(10)2/h7-9H,5-6,11H2,1-2H3. The molecule has 0 aromatic carbocycles. The van der Waals surface area contributed by atoms with Crippen LogP contribution in [-0.2, 0) is 7.05 Å². The van der Waals surface area contributed by atoms with E-state index in [1.165, 1.54) is 0 Å². The third kappa shape index (κ3) is 2.60. The molecule has 0 saturated heterocycles. The van der Waals surface area contributed by atoms with Gasteiger partial charge in [0.25, 0.3) is 0 Å². The van der Waals surface area contributed by atoms with E-state index in [9.17, 15) is 0 Å². The molecule has 0 aliphatic heterocycles. The van der Waals surface area contributed by atoms with Gasteiger partial charge in [-0.3, -0.25) is 0 Å². The molecule has 0 saturated carbocycles. The summed E-state index contributed by atoms with van der Waals surface area (Å²) in [4.78, 5) is 4.02. The van der Waals surface area contributed by atoms with Gasteiger partial charge < -0.3 is 10.3 Å². The third-order valence-electron chi connectivity index (χ3n) is 1.99. The molecule has 1 unspecified atom stereocenters. The van der Waals surface area contributed by atoms with Crippen LogP contribution in [0.15, 0.2) is 12.5 Å². The molecule has 0 spiro atoms. The van der Waals surface area contributed by atoms with Crippen molar-refractivity contribution in [3.05, 3.63) is 18.2 Å². The summed E-state index contributed by atoms with van der Waals surface area (Å²) in [5.74, 6) is 5.86. The second-order valence-electron chi connectivity index (χ2n) is 3.00. The fourth-order valence-electron chi connectivity index (χ4n) is 1.23. The largest absolute Gasteiger partial charge is 0.336 e. The molecular formula is C10H15N3. The summed E-state index contributed by atoms with van der Waals surface area (Å²) in [5.41, 5.74) is 7.02. The number of hydrogen-bond donors (Lipinski definition) is 1. The van der Waals surface area contributed by atoms with Crippen LogP contribution in [0.3, 0.4) is 0 Å². The van der Waals surface area contributed by atoms with Gasteiger partial charge in [0.05, 0.1) is 12.0 Å². The van der Waals surface area contributed by atoms with E-state index in [0.29, 0.717) is 0 Å². The van der Waals surface area contributed by atoms with Crippen LogP contribution in [-0.4, -0.2) is 9.55 Å². The maximum absolute atomic E-state index is 5.95. The first-order valence-corrected chi connectivity index (χ1v) is 4.37. The Morgan fingerprint density at radius 1 is 1.69 bits per heavy atom. The van der Waals surface area contributed by atoms with Crippen LogP contribution < -0.4 is 5.73 Å². The predicted octanol–water partition coefficient (Wildman–Crippen LogP) is 1.22. The van der Waals surface area contributed by atoms with E-state index in [1.54, 1.807) is 6.33 Å². The third-order valence-corrected chi connectivity index (χ3v) is 1.99. The maximum atomic E-state index is 5.95. The second kappa shape index (κ2) is 4.68. The topological polar surface area (TPSA) is 43.8 Å². The van der Waals surface area contributed by atoms with Crippen LogP contribution in [0.25, 0.3) is 0 Å². The Morgan fingerprint density at radius 2 is 2.46 bits per heavy atom. The SMILES string of the molecule is CC#CCCC(N)c1cncn1C. The van der Waals surface area contributed by atoms with Gasteiger partial charge in [0, 0.05) is 25.7 Å². The van der Waals surface area contributed by atoms with Gasteiger partial charge in [0.15, 0.2) is 0 Å². The molecule has 1 aromatic heterocycles. The monoisotopic (exact) mass is 177 g/mol. The van der Waals surface area contributed by atoms with E-state index in [0.717, 1.165) is 18.5 Å². The molecule has 0 amide bonds. The van der Waals surface area contributed by atoms with Crippen LogP contribution in [0.1, 0.15) is 31.5 Å². The molecule has 0 fully saturated rings. The van der Waals surface area contributed by atoms with Gasteiger partial charge in [-0.25, -0.2) is 4.98 Å². The first-order valence-electron chi connectivity index (χ1n) is 4.37. The van der Waals surface area contributed by atoms with E-state index in [2.05, 4.69) is 16.8 Å². The lowest BCUT2D eigenvalue weighted by Gasteiger charge is -2.09. The summed E-state index contributed by atoms with van der Waals surface area (Å²) in [6.07, 6.45) is 5.31. The van der Waals surface area contributed by atoms with Crippen molar-refractivity contribution < 1.29 is 0 Å². The molecule has 1 rings (SSSR count). The summed E-state index contributed by atoms with van der Waals surface area (Å²) >= 11 is 0. The van der Waals surface area contributed by atoms with Crippen molar-refractivity contribution in [1.82, 2.24) is 9.55 Å². The molecule has 3 heteroatoms. The Balaban J connectivity index is 2.52. The highest BCUT2D eigenvalue weighted by molar-refractivity contribution is 5.05. The van der Waals surface area contributed by atoms with Gasteiger partial charge in [-0.2, -0.15) is 0 Å². The molecule has 0 aliphatic rings. The average Bonchev–Trinajstić information content (AvgIpc) is 2.52. The van der Waals surface area contributed by atoms with Gasteiger partial charge in [0.2, 0.25) is 0 Å². The van der Waals surface area contributed by atoms with E-state index < -0.39 is 0 Å². The Bertz CT molecular complexity index is 316. The van der Waals surface area contributed by atoms with Crippen LogP contribution in [0.5, 0.6) is 0 Å². The summed E-state index contributed by atoms with van der Waals surface area (Å²) in [6.45, 7) is 1.84. The lowest BCUT2D eigenvalue weighted by molar-refractivity contribution is 0.618. The Morgan fingerprint density at radius 3 is 3.00 bits per heavy atom. The van der Waals surface area contributed by atoms with Gasteiger partial charge in [0.1, 0.15) is 0 Å². The minimum atomic E-state index is 0.0494. The quantitative estimate of drug-likeness (QED) is 0.705. The normalized spacial score (nSPS) is 11.9. The Hall–Kier alpha value is -1.27. The molecular weight excluding hydrogens is 162 g/mol. The lowest BCUT2D eigenvalue weighted by Crippen LogP contribution is -2.13. The minimum absolute atomic E-state index is 0.0494. The van der Waals surface area contributed by atoms with Crippen molar-refractivity contribution >= 4 is 0 Å². The predicted molar refractivity (Wildman–Crippen MR) is 52.8 cm³/mol. The highest BCUT2D eigenvalue weighted by Gasteiger charge is 2.07. The summed E-state index contributed by atoms with van der Waals surface area (Å²) in [7, 11) is 1.95. The van der Waals surface area contributed by atoms with Crippen LogP contribution in [0.4, 0.5) is 0 Å². The molecule has 1 aromatic rings. The molecule has 1 heterocycles. The fourth-order valence-corrected chi connectivity index (χ4v) is 1.23. The molecule has 2 N–H and O–H groups in total. The van der Waals surface area contributed by atoms with Crippen molar-refractivity contribution in [1.29, 1.82) is 0 Å². The van der Waals surface area contributed by atoms with Crippen LogP contribution in [0.2, 0.25) is 0 Å². The number of nitrogens with two attached hydrogens (primary N) is 1. The molecule has 70 valence electrons. The number of aryl methyl sites for hydroxylation is 1. The van der Waals surface area contributed by atoms with Crippen LogP contribution >= 0.6 is 0 Å². The van der Waals surface area contributed by atoms with Gasteiger partial charge in [-0.1, -0.05) is 0 Å². The molecule has 3 nitrogen and oxygen atoms in total. The number of nitrogens with zero attached hydrogens (tertiary/aromatic N) is 2. The Labute approximate surface area is 79.0 Å². The first-order chi connectivity index (χ1) is 6.25. The molecule has 0 bridgehead atoms. The average molecular weight is 177 g/mol. The number of rotatable bonds is 3. The zero-order valence-electron chi connectivity index (χ0n) is 8.12. The Kier molecular flexibility index (Phi) is 3.53. The van der Waals surface area contributed by atoms with Gasteiger partial charge in [-0.15, -0.1) is 11.8 Å². The number of aromatic nitrogens is 2. The van der Waals surface area contributed by atoms with Gasteiger partial charge >= 0.3 is 0 Å². The zero-order chi connectivity index (χ0) is 9.68. The number of hydrogen-bond acceptors (Lipinski definition) is 2. The summed E-state index contributed by atoms with van der Waals surface area (Å²) in [5, 5.41) is 0. The van der Waals surface area contributed by atoms with Crippen molar-refractivity contribution in [2.24, 2.45) is 12.8 Å². The summed E-state index contributed by atoms with van der Waals surface area (Å²) < 4.78 is 1.95. The summed E-state index contributed by atoms with van der Waals surface area (Å²) in [6, 6.07) is 0.0494. The molecule has 0 radical (unpaired) electrons. The highest BCUT2D eigenvalue weighted by atomic mass is 15.0. The van der Waals surface area contributed by atoms with E-state index >= 15 is 0 Å². The first kappa shape index (κ1) is 9.82. The van der Waals surface area contributed by atoms with Crippen molar-refractivity contribution in [2.75, 3.05) is 0 Å². The fraction of sp³-hybridized carbons (Fsp3) is 0.500. The zero-order valence-corrected chi connectivity index (χ0v) is 8.12. The van der Waals surface area contributed by atoms with E-state index in [-0.39, 0.29) is 6.04 Å². The van der Waals surface area contributed by atoms with E-state index in [4.69, 9.17) is 5.73 Å². The molecule has 1 atom stereocenters. The minimum Gasteiger partial charge on any atom is -0.336 e. The molecule has 13 heavy (non-hydrogen) atoms. The highest BCUT2D eigenvalue weighted by Crippen LogP contribution is 2.13. The smallest absolute Gasteiger partial charge is 0.0946 e. The van der Waals surface area contributed by atoms with E-state index in [1.807, 2.05) is 24.7 Å². The molecule has 0 aliphatic carbocycles. The maximum Gasteiger partial charge on any atom is 0.0946 e. The second-order valence-corrected chi connectivity index (χ2v) is 3.00. The lowest BCUT2D eigenvalue weighted by atomic mass is 10.1. The van der Waals surface area contributed by atoms with Crippen LogP contribution in [0, 0.1) is 11.8 Å². The van der Waals surface area contributed by atoms with Crippen molar-refractivity contribution in [3.63, 3.8) is 0 Å². The van der Waals surface area contributed by atoms with Gasteiger partial charge in [-0.05, 0) is 13.3 Å². The van der Waals surface area contributed by atoms with Crippen molar-refractivity contribution in [3.8, 4) is 11.8 Å². The van der Waals surface area contributed by atoms with Crippen molar-refractivity contribution in [2.45, 2.75) is 25.8 Å².